The van der Waals surface area contributed by atoms with Crippen molar-refractivity contribution in [3.8, 4) is 33.4 Å². The average Bonchev–Trinajstić information content (AvgIpc) is 3.73. The molecule has 0 spiro atoms. The molecule has 10 aromatic rings. The standard InChI is InChI=1S/C53H37NS/c1-53(2)46-25-9-6-19-38(46)39-30-29-36(33-47(39)53)54(49-27-14-24-44-41(49)31-32-45-42-21-8-11-28-50(42)55-52(44)45)48-26-10-7-20-40(48)43-23-13-18-35-17-12-22-37(51(35)43)34-15-4-3-5-16-34/h3-33H,1-2H3. The monoisotopic (exact) mass is 719 g/mol. The molecule has 1 aliphatic carbocycles. The van der Waals surface area contributed by atoms with Gasteiger partial charge in [0, 0.05) is 47.6 Å². The van der Waals surface area contributed by atoms with Gasteiger partial charge in [0.15, 0.2) is 0 Å². The van der Waals surface area contributed by atoms with E-state index in [9.17, 15) is 0 Å². The summed E-state index contributed by atoms with van der Waals surface area (Å²) in [6.07, 6.45) is 0. The molecule has 11 rings (SSSR count). The summed E-state index contributed by atoms with van der Waals surface area (Å²) >= 11 is 1.89. The minimum Gasteiger partial charge on any atom is -0.309 e. The van der Waals surface area contributed by atoms with Crippen molar-refractivity contribution in [3.05, 3.63) is 199 Å². The van der Waals surface area contributed by atoms with Crippen LogP contribution in [0.1, 0.15) is 25.0 Å². The Balaban J connectivity index is 1.20. The first-order chi connectivity index (χ1) is 27.1. The van der Waals surface area contributed by atoms with Gasteiger partial charge in [0.1, 0.15) is 0 Å². The highest BCUT2D eigenvalue weighted by molar-refractivity contribution is 7.26. The summed E-state index contributed by atoms with van der Waals surface area (Å²) in [7, 11) is 0. The summed E-state index contributed by atoms with van der Waals surface area (Å²) in [6, 6.07) is 69.7. The highest BCUT2D eigenvalue weighted by Gasteiger charge is 2.36. The Morgan fingerprint density at radius 1 is 0.418 bits per heavy atom. The fourth-order valence-corrected chi connectivity index (χ4v) is 10.5. The Morgan fingerprint density at radius 3 is 1.91 bits per heavy atom. The van der Waals surface area contributed by atoms with Gasteiger partial charge >= 0.3 is 0 Å². The molecule has 0 unspecified atom stereocenters. The quantitative estimate of drug-likeness (QED) is 0.171. The van der Waals surface area contributed by atoms with Crippen LogP contribution in [0.4, 0.5) is 17.1 Å². The van der Waals surface area contributed by atoms with Gasteiger partial charge in [0.05, 0.1) is 11.4 Å². The normalized spacial score (nSPS) is 13.1. The highest BCUT2D eigenvalue weighted by atomic mass is 32.1. The van der Waals surface area contributed by atoms with Crippen molar-refractivity contribution in [1.82, 2.24) is 0 Å². The summed E-state index contributed by atoms with van der Waals surface area (Å²) in [5.41, 5.74) is 13.6. The van der Waals surface area contributed by atoms with E-state index in [1.54, 1.807) is 0 Å². The van der Waals surface area contributed by atoms with Gasteiger partial charge in [-0.3, -0.25) is 0 Å². The Bertz CT molecular complexity index is 3130. The lowest BCUT2D eigenvalue weighted by Crippen LogP contribution is -2.17. The van der Waals surface area contributed by atoms with Gasteiger partial charge in [0.25, 0.3) is 0 Å². The van der Waals surface area contributed by atoms with Crippen LogP contribution in [0.15, 0.2) is 188 Å². The molecule has 9 aromatic carbocycles. The summed E-state index contributed by atoms with van der Waals surface area (Å²) < 4.78 is 2.66. The van der Waals surface area contributed by atoms with Crippen molar-refractivity contribution in [2.75, 3.05) is 4.90 Å². The van der Waals surface area contributed by atoms with E-state index in [1.165, 1.54) is 91.9 Å². The molecule has 1 nitrogen and oxygen atoms in total. The molecule has 1 aromatic heterocycles. The lowest BCUT2D eigenvalue weighted by molar-refractivity contribution is 0.660. The van der Waals surface area contributed by atoms with E-state index >= 15 is 0 Å². The number of anilines is 3. The molecule has 0 bridgehead atoms. The SMILES string of the molecule is CC1(C)c2ccccc2-c2ccc(N(c3ccccc3-c3cccc4cccc(-c5ccccc5)c34)c3cccc4c3ccc3c5ccccc5sc43)cc21. The minimum atomic E-state index is -0.130. The Kier molecular flexibility index (Phi) is 7.14. The first kappa shape index (κ1) is 32.0. The number of rotatable bonds is 5. The van der Waals surface area contributed by atoms with Crippen molar-refractivity contribution in [2.45, 2.75) is 19.3 Å². The Morgan fingerprint density at radius 2 is 1.04 bits per heavy atom. The zero-order valence-electron chi connectivity index (χ0n) is 30.8. The molecular weight excluding hydrogens is 683 g/mol. The van der Waals surface area contributed by atoms with Crippen molar-refractivity contribution in [1.29, 1.82) is 0 Å². The number of nitrogens with zero attached hydrogens (tertiary/aromatic N) is 1. The third-order valence-corrected chi connectivity index (χ3v) is 13.1. The van der Waals surface area contributed by atoms with Gasteiger partial charge in [-0.05, 0) is 80.0 Å². The molecule has 0 saturated carbocycles. The Hall–Kier alpha value is -6.48. The number of benzene rings is 9. The molecule has 0 atom stereocenters. The van der Waals surface area contributed by atoms with E-state index in [0.29, 0.717) is 0 Å². The van der Waals surface area contributed by atoms with Crippen LogP contribution in [0.2, 0.25) is 0 Å². The highest BCUT2D eigenvalue weighted by Crippen LogP contribution is 2.53. The van der Waals surface area contributed by atoms with Crippen LogP contribution in [-0.2, 0) is 5.41 Å². The third-order valence-electron chi connectivity index (χ3n) is 11.9. The van der Waals surface area contributed by atoms with Crippen LogP contribution in [0.25, 0.3) is 75.1 Å². The maximum absolute atomic E-state index is 2.53. The van der Waals surface area contributed by atoms with Crippen LogP contribution >= 0.6 is 11.3 Å². The average molecular weight is 720 g/mol. The summed E-state index contributed by atoms with van der Waals surface area (Å²) in [5.74, 6) is 0. The molecule has 1 heterocycles. The van der Waals surface area contributed by atoms with Crippen LogP contribution in [-0.4, -0.2) is 0 Å². The van der Waals surface area contributed by atoms with E-state index in [1.807, 2.05) is 11.3 Å². The third kappa shape index (κ3) is 4.85. The van der Waals surface area contributed by atoms with Gasteiger partial charge < -0.3 is 4.90 Å². The molecule has 0 saturated heterocycles. The second-order valence-corrected chi connectivity index (χ2v) is 16.3. The first-order valence-corrected chi connectivity index (χ1v) is 19.9. The summed E-state index contributed by atoms with van der Waals surface area (Å²) in [5, 5.41) is 7.65. The van der Waals surface area contributed by atoms with Gasteiger partial charge in [0.2, 0.25) is 0 Å². The molecule has 1 aliphatic rings. The number of hydrogen-bond donors (Lipinski definition) is 0. The zero-order valence-corrected chi connectivity index (χ0v) is 31.6. The molecular formula is C53H37NS. The summed E-state index contributed by atoms with van der Waals surface area (Å²) in [6.45, 7) is 4.74. The van der Waals surface area contributed by atoms with Crippen LogP contribution in [0.5, 0.6) is 0 Å². The van der Waals surface area contributed by atoms with E-state index in [-0.39, 0.29) is 5.41 Å². The van der Waals surface area contributed by atoms with Gasteiger partial charge in [-0.15, -0.1) is 11.3 Å². The predicted molar refractivity (Wildman–Crippen MR) is 237 cm³/mol. The topological polar surface area (TPSA) is 3.24 Å². The lowest BCUT2D eigenvalue weighted by atomic mass is 9.82. The molecule has 0 aliphatic heterocycles. The van der Waals surface area contributed by atoms with Crippen molar-refractivity contribution >= 4 is 70.1 Å². The molecule has 0 N–H and O–H groups in total. The number of para-hydroxylation sites is 1. The van der Waals surface area contributed by atoms with Crippen molar-refractivity contribution < 1.29 is 0 Å². The maximum atomic E-state index is 2.53. The van der Waals surface area contributed by atoms with Crippen molar-refractivity contribution in [2.24, 2.45) is 0 Å². The molecule has 55 heavy (non-hydrogen) atoms. The molecule has 0 fully saturated rings. The fourth-order valence-electron chi connectivity index (χ4n) is 9.28. The maximum Gasteiger partial charge on any atom is 0.0540 e. The van der Waals surface area contributed by atoms with Crippen LogP contribution < -0.4 is 4.90 Å². The fraction of sp³-hybridized carbons (Fsp3) is 0.0566. The van der Waals surface area contributed by atoms with Gasteiger partial charge in [-0.1, -0.05) is 172 Å². The number of fused-ring (bicyclic) bond motifs is 9. The number of thiophene rings is 1. The largest absolute Gasteiger partial charge is 0.309 e. The van der Waals surface area contributed by atoms with E-state index < -0.39 is 0 Å². The minimum absolute atomic E-state index is 0.130. The smallest absolute Gasteiger partial charge is 0.0540 e. The number of hydrogen-bond acceptors (Lipinski definition) is 2. The molecule has 2 heteroatoms. The zero-order chi connectivity index (χ0) is 36.7. The van der Waals surface area contributed by atoms with E-state index in [0.717, 1.165) is 11.4 Å². The summed E-state index contributed by atoms with van der Waals surface area (Å²) in [4.78, 5) is 2.53. The van der Waals surface area contributed by atoms with Gasteiger partial charge in [-0.25, -0.2) is 0 Å². The van der Waals surface area contributed by atoms with E-state index in [2.05, 4.69) is 207 Å². The van der Waals surface area contributed by atoms with Crippen molar-refractivity contribution in [3.63, 3.8) is 0 Å². The second kappa shape index (κ2) is 12.3. The van der Waals surface area contributed by atoms with Crippen LogP contribution in [0.3, 0.4) is 0 Å². The molecule has 260 valence electrons. The van der Waals surface area contributed by atoms with Crippen LogP contribution in [0, 0.1) is 0 Å². The second-order valence-electron chi connectivity index (χ2n) is 15.2. The molecule has 0 radical (unpaired) electrons. The molecule has 0 amide bonds. The Labute approximate surface area is 325 Å². The van der Waals surface area contributed by atoms with Gasteiger partial charge in [-0.2, -0.15) is 0 Å². The van der Waals surface area contributed by atoms with E-state index in [4.69, 9.17) is 0 Å². The predicted octanol–water partition coefficient (Wildman–Crippen LogP) is 15.5. The lowest BCUT2D eigenvalue weighted by Gasteiger charge is -2.31. The first-order valence-electron chi connectivity index (χ1n) is 19.1.